The van der Waals surface area contributed by atoms with Gasteiger partial charge >= 0.3 is 0 Å². The molecule has 2 rings (SSSR count). The van der Waals surface area contributed by atoms with Crippen LogP contribution in [0, 0.1) is 0 Å². The van der Waals surface area contributed by atoms with Gasteiger partial charge in [0.2, 0.25) is 0 Å². The zero-order valence-corrected chi connectivity index (χ0v) is 12.0. The summed E-state index contributed by atoms with van der Waals surface area (Å²) in [5, 5.41) is 3.17. The molecular formula is C12H11BrClN3O. The van der Waals surface area contributed by atoms with Crippen LogP contribution in [0.5, 0.6) is 0 Å². The van der Waals surface area contributed by atoms with Crippen molar-refractivity contribution in [3.8, 4) is 0 Å². The number of nitrogens with one attached hydrogen (secondary N) is 1. The molecule has 1 amide bonds. The Labute approximate surface area is 118 Å². The summed E-state index contributed by atoms with van der Waals surface area (Å²) in [4.78, 5) is 16.0. The predicted octanol–water partition coefficient (Wildman–Crippen LogP) is 3.57. The van der Waals surface area contributed by atoms with E-state index >= 15 is 0 Å². The van der Waals surface area contributed by atoms with Crippen molar-refractivity contribution < 1.29 is 4.79 Å². The first kappa shape index (κ1) is 13.1. The summed E-state index contributed by atoms with van der Waals surface area (Å²) in [6.45, 7) is 2.71. The maximum absolute atomic E-state index is 12.1. The Morgan fingerprint density at radius 1 is 1.56 bits per heavy atom. The Morgan fingerprint density at radius 3 is 2.94 bits per heavy atom. The van der Waals surface area contributed by atoms with Gasteiger partial charge < -0.3 is 9.88 Å². The Hall–Kier alpha value is -1.33. The molecule has 94 valence electrons. The third-order valence-electron chi connectivity index (χ3n) is 2.42. The molecule has 0 aromatic carbocycles. The average molecular weight is 329 g/mol. The molecule has 2 aromatic heterocycles. The van der Waals surface area contributed by atoms with Crippen molar-refractivity contribution in [1.82, 2.24) is 9.55 Å². The number of halogens is 2. The molecular weight excluding hydrogens is 318 g/mol. The predicted molar refractivity (Wildman–Crippen MR) is 75.0 cm³/mol. The topological polar surface area (TPSA) is 46.9 Å². The standard InChI is InChI=1S/C12H11BrClN3O/c1-2-17-7-8(13)5-10(17)12(18)16-9-3-4-11(14)15-6-9/h3-7H,2H2,1H3,(H,16,18). The van der Waals surface area contributed by atoms with Gasteiger partial charge in [-0.2, -0.15) is 0 Å². The van der Waals surface area contributed by atoms with Crippen LogP contribution in [-0.4, -0.2) is 15.5 Å². The first-order valence-corrected chi connectivity index (χ1v) is 6.56. The molecule has 0 aliphatic heterocycles. The van der Waals surface area contributed by atoms with E-state index in [4.69, 9.17) is 11.6 Å². The lowest BCUT2D eigenvalue weighted by Crippen LogP contribution is -2.16. The van der Waals surface area contributed by atoms with Crippen LogP contribution in [0.15, 0.2) is 35.1 Å². The minimum atomic E-state index is -0.174. The van der Waals surface area contributed by atoms with Gasteiger partial charge in [0, 0.05) is 17.2 Å². The molecule has 0 aliphatic rings. The molecule has 0 atom stereocenters. The third-order valence-corrected chi connectivity index (χ3v) is 3.08. The fraction of sp³-hybridized carbons (Fsp3) is 0.167. The molecule has 0 saturated heterocycles. The second-order valence-corrected chi connectivity index (χ2v) is 4.96. The molecule has 0 bridgehead atoms. The van der Waals surface area contributed by atoms with Gasteiger partial charge in [0.15, 0.2) is 0 Å². The number of carbonyl (C=O) groups is 1. The van der Waals surface area contributed by atoms with Crippen molar-refractivity contribution in [1.29, 1.82) is 0 Å². The summed E-state index contributed by atoms with van der Waals surface area (Å²) in [6, 6.07) is 5.12. The van der Waals surface area contributed by atoms with E-state index in [1.807, 2.05) is 17.7 Å². The van der Waals surface area contributed by atoms with Gasteiger partial charge in [-0.15, -0.1) is 0 Å². The maximum Gasteiger partial charge on any atom is 0.272 e. The molecule has 6 heteroatoms. The van der Waals surface area contributed by atoms with Crippen LogP contribution in [0.3, 0.4) is 0 Å². The van der Waals surface area contributed by atoms with Crippen LogP contribution in [-0.2, 0) is 6.54 Å². The molecule has 4 nitrogen and oxygen atoms in total. The van der Waals surface area contributed by atoms with E-state index in [1.165, 1.54) is 6.20 Å². The summed E-state index contributed by atoms with van der Waals surface area (Å²) >= 11 is 9.04. The molecule has 0 unspecified atom stereocenters. The van der Waals surface area contributed by atoms with Gasteiger partial charge in [-0.05, 0) is 41.1 Å². The van der Waals surface area contributed by atoms with Crippen molar-refractivity contribution >= 4 is 39.1 Å². The Balaban J connectivity index is 2.19. The second-order valence-electron chi connectivity index (χ2n) is 3.65. The highest BCUT2D eigenvalue weighted by Crippen LogP contribution is 2.17. The minimum absolute atomic E-state index is 0.174. The van der Waals surface area contributed by atoms with Crippen LogP contribution in [0.25, 0.3) is 0 Å². The van der Waals surface area contributed by atoms with Crippen molar-refractivity contribution in [2.75, 3.05) is 5.32 Å². The van der Waals surface area contributed by atoms with Crippen molar-refractivity contribution in [2.45, 2.75) is 13.5 Å². The van der Waals surface area contributed by atoms with Crippen molar-refractivity contribution in [2.24, 2.45) is 0 Å². The van der Waals surface area contributed by atoms with Crippen LogP contribution < -0.4 is 5.32 Å². The molecule has 0 saturated carbocycles. The lowest BCUT2D eigenvalue weighted by molar-refractivity contribution is 0.101. The number of aryl methyl sites for hydroxylation is 1. The van der Waals surface area contributed by atoms with Gasteiger partial charge in [-0.3, -0.25) is 4.79 Å². The first-order valence-electron chi connectivity index (χ1n) is 5.38. The first-order chi connectivity index (χ1) is 8.60. The lowest BCUT2D eigenvalue weighted by atomic mass is 10.3. The highest BCUT2D eigenvalue weighted by atomic mass is 79.9. The number of hydrogen-bond donors (Lipinski definition) is 1. The van der Waals surface area contributed by atoms with E-state index in [1.54, 1.807) is 18.2 Å². The Bertz CT molecular complexity index is 565. The minimum Gasteiger partial charge on any atom is -0.343 e. The monoisotopic (exact) mass is 327 g/mol. The zero-order chi connectivity index (χ0) is 13.1. The summed E-state index contributed by atoms with van der Waals surface area (Å²) < 4.78 is 2.74. The molecule has 0 aliphatic carbocycles. The van der Waals surface area contributed by atoms with E-state index < -0.39 is 0 Å². The van der Waals surface area contributed by atoms with Gasteiger partial charge in [-0.1, -0.05) is 11.6 Å². The van der Waals surface area contributed by atoms with Crippen molar-refractivity contribution in [3.63, 3.8) is 0 Å². The second kappa shape index (κ2) is 5.54. The van der Waals surface area contributed by atoms with Crippen LogP contribution in [0.4, 0.5) is 5.69 Å². The fourth-order valence-electron chi connectivity index (χ4n) is 1.57. The van der Waals surface area contributed by atoms with Crippen LogP contribution >= 0.6 is 27.5 Å². The van der Waals surface area contributed by atoms with E-state index in [0.717, 1.165) is 11.0 Å². The highest BCUT2D eigenvalue weighted by Gasteiger charge is 2.12. The number of hydrogen-bond acceptors (Lipinski definition) is 2. The SMILES string of the molecule is CCn1cc(Br)cc1C(=O)Nc1ccc(Cl)nc1. The van der Waals surface area contributed by atoms with E-state index in [0.29, 0.717) is 16.5 Å². The van der Waals surface area contributed by atoms with Gasteiger partial charge in [0.05, 0.1) is 11.9 Å². The molecule has 2 aromatic rings. The summed E-state index contributed by atoms with van der Waals surface area (Å²) in [5.41, 5.74) is 1.21. The molecule has 1 N–H and O–H groups in total. The average Bonchev–Trinajstić information content (AvgIpc) is 2.73. The lowest BCUT2D eigenvalue weighted by Gasteiger charge is -2.07. The fourth-order valence-corrected chi connectivity index (χ4v) is 2.15. The smallest absolute Gasteiger partial charge is 0.272 e. The molecule has 0 fully saturated rings. The maximum atomic E-state index is 12.1. The van der Waals surface area contributed by atoms with Crippen LogP contribution in [0.2, 0.25) is 5.15 Å². The zero-order valence-electron chi connectivity index (χ0n) is 9.65. The highest BCUT2D eigenvalue weighted by molar-refractivity contribution is 9.10. The van der Waals surface area contributed by atoms with E-state index in [-0.39, 0.29) is 5.91 Å². The number of rotatable bonds is 3. The summed E-state index contributed by atoms with van der Waals surface area (Å²) in [5.74, 6) is -0.174. The number of amides is 1. The normalized spacial score (nSPS) is 10.4. The largest absolute Gasteiger partial charge is 0.343 e. The molecule has 0 radical (unpaired) electrons. The number of pyridine rings is 1. The van der Waals surface area contributed by atoms with Gasteiger partial charge in [-0.25, -0.2) is 4.98 Å². The van der Waals surface area contributed by atoms with Gasteiger partial charge in [0.1, 0.15) is 10.8 Å². The molecule has 0 spiro atoms. The van der Waals surface area contributed by atoms with Gasteiger partial charge in [0.25, 0.3) is 5.91 Å². The van der Waals surface area contributed by atoms with Crippen molar-refractivity contribution in [3.05, 3.63) is 45.9 Å². The number of anilines is 1. The Morgan fingerprint density at radius 2 is 2.33 bits per heavy atom. The molecule has 2 heterocycles. The Kier molecular flexibility index (Phi) is 4.04. The number of carbonyl (C=O) groups excluding carboxylic acids is 1. The number of nitrogens with zero attached hydrogens (tertiary/aromatic N) is 2. The number of aromatic nitrogens is 2. The third kappa shape index (κ3) is 2.91. The molecule has 18 heavy (non-hydrogen) atoms. The van der Waals surface area contributed by atoms with E-state index in [2.05, 4.69) is 26.2 Å². The van der Waals surface area contributed by atoms with E-state index in [9.17, 15) is 4.79 Å². The summed E-state index contributed by atoms with van der Waals surface area (Å²) in [7, 11) is 0. The van der Waals surface area contributed by atoms with Crippen LogP contribution in [0.1, 0.15) is 17.4 Å². The summed E-state index contributed by atoms with van der Waals surface area (Å²) in [6.07, 6.45) is 3.39. The quantitative estimate of drug-likeness (QED) is 0.876.